The summed E-state index contributed by atoms with van der Waals surface area (Å²) in [7, 11) is 0. The largest absolute Gasteiger partial charge is 0.349 e. The number of benzene rings is 1. The van der Waals surface area contributed by atoms with Crippen molar-refractivity contribution in [1.82, 2.24) is 10.6 Å². The molecule has 1 aliphatic rings. The lowest BCUT2D eigenvalue weighted by atomic mass is 9.99. The Morgan fingerprint density at radius 3 is 2.89 bits per heavy atom. The lowest BCUT2D eigenvalue weighted by Gasteiger charge is -2.28. The van der Waals surface area contributed by atoms with Crippen LogP contribution in [-0.4, -0.2) is 24.5 Å². The Morgan fingerprint density at radius 1 is 1.47 bits per heavy atom. The molecule has 0 spiro atoms. The fourth-order valence-corrected chi connectivity index (χ4v) is 2.88. The van der Waals surface area contributed by atoms with E-state index < -0.39 is 0 Å². The minimum atomic E-state index is 0. The molecular weight excluding hydrogens is 375 g/mol. The zero-order chi connectivity index (χ0) is 13.1. The van der Waals surface area contributed by atoms with Gasteiger partial charge in [-0.15, -0.1) is 12.4 Å². The first-order valence-corrected chi connectivity index (χ1v) is 7.45. The molecule has 1 amide bonds. The van der Waals surface area contributed by atoms with Crippen LogP contribution in [0.1, 0.15) is 35.7 Å². The van der Waals surface area contributed by atoms with E-state index in [1.54, 1.807) is 0 Å². The summed E-state index contributed by atoms with van der Waals surface area (Å²) in [5.41, 5.74) is 1.87. The number of halogens is 2. The molecule has 1 aromatic rings. The van der Waals surface area contributed by atoms with Crippen molar-refractivity contribution in [2.45, 2.75) is 38.8 Å². The second-order valence-electron chi connectivity index (χ2n) is 4.96. The summed E-state index contributed by atoms with van der Waals surface area (Å²) in [6.45, 7) is 5.15. The molecule has 1 aliphatic heterocycles. The van der Waals surface area contributed by atoms with E-state index in [4.69, 9.17) is 0 Å². The van der Waals surface area contributed by atoms with Crippen LogP contribution < -0.4 is 10.6 Å². The molecule has 2 unspecified atom stereocenters. The van der Waals surface area contributed by atoms with Gasteiger partial charge in [-0.3, -0.25) is 4.79 Å². The van der Waals surface area contributed by atoms with Gasteiger partial charge in [0.25, 0.3) is 5.91 Å². The number of hydrogen-bond acceptors (Lipinski definition) is 2. The minimum Gasteiger partial charge on any atom is -0.349 e. The molecule has 5 heteroatoms. The predicted molar refractivity (Wildman–Crippen MR) is 89.1 cm³/mol. The molecule has 2 rings (SSSR count). The van der Waals surface area contributed by atoms with Crippen LogP contribution in [0, 0.1) is 10.5 Å². The van der Waals surface area contributed by atoms with Crippen LogP contribution >= 0.6 is 35.0 Å². The minimum absolute atomic E-state index is 0. The lowest BCUT2D eigenvalue weighted by Crippen LogP contribution is -2.46. The first kappa shape index (κ1) is 16.7. The van der Waals surface area contributed by atoms with Gasteiger partial charge in [0, 0.05) is 21.2 Å². The average Bonchev–Trinajstić information content (AvgIpc) is 2.32. The number of amides is 1. The van der Waals surface area contributed by atoms with Gasteiger partial charge >= 0.3 is 0 Å². The number of piperidine rings is 1. The predicted octanol–water partition coefficient (Wildman–Crippen LogP) is 2.89. The summed E-state index contributed by atoms with van der Waals surface area (Å²) in [6, 6.07) is 6.65. The Hall–Kier alpha value is -0.330. The smallest absolute Gasteiger partial charge is 0.251 e. The van der Waals surface area contributed by atoms with E-state index in [1.165, 1.54) is 0 Å². The van der Waals surface area contributed by atoms with Crippen molar-refractivity contribution in [3.05, 3.63) is 32.9 Å². The summed E-state index contributed by atoms with van der Waals surface area (Å²) in [5.74, 6) is 0.0603. The number of hydrogen-bond donors (Lipinski definition) is 2. The van der Waals surface area contributed by atoms with Gasteiger partial charge in [0.15, 0.2) is 0 Å². The van der Waals surface area contributed by atoms with Crippen LogP contribution in [0.5, 0.6) is 0 Å². The van der Waals surface area contributed by atoms with E-state index in [2.05, 4.69) is 40.1 Å². The first-order valence-electron chi connectivity index (χ1n) is 6.37. The van der Waals surface area contributed by atoms with E-state index in [9.17, 15) is 4.79 Å². The van der Waals surface area contributed by atoms with Crippen LogP contribution in [-0.2, 0) is 0 Å². The molecule has 0 aromatic heterocycles. The maximum atomic E-state index is 12.3. The molecule has 0 bridgehead atoms. The molecule has 1 heterocycles. The number of carbonyl (C=O) groups is 1. The van der Waals surface area contributed by atoms with E-state index in [0.29, 0.717) is 12.1 Å². The van der Waals surface area contributed by atoms with Crippen molar-refractivity contribution in [2.75, 3.05) is 6.54 Å². The van der Waals surface area contributed by atoms with Gasteiger partial charge in [-0.05, 0) is 73.5 Å². The van der Waals surface area contributed by atoms with E-state index in [1.807, 2.05) is 25.1 Å². The Balaban J connectivity index is 0.00000180. The average molecular weight is 395 g/mol. The molecule has 0 saturated carbocycles. The highest BCUT2D eigenvalue weighted by Crippen LogP contribution is 2.16. The van der Waals surface area contributed by atoms with Crippen molar-refractivity contribution in [1.29, 1.82) is 0 Å². The fourth-order valence-electron chi connectivity index (χ4n) is 2.38. The van der Waals surface area contributed by atoms with Crippen LogP contribution in [0.3, 0.4) is 0 Å². The monoisotopic (exact) mass is 394 g/mol. The third-order valence-corrected chi connectivity index (χ3v) is 4.64. The summed E-state index contributed by atoms with van der Waals surface area (Å²) in [5, 5.41) is 6.54. The maximum Gasteiger partial charge on any atom is 0.251 e. The third kappa shape index (κ3) is 4.33. The van der Waals surface area contributed by atoms with Crippen LogP contribution in [0.2, 0.25) is 0 Å². The quantitative estimate of drug-likeness (QED) is 0.757. The highest BCUT2D eigenvalue weighted by molar-refractivity contribution is 14.1. The number of carbonyl (C=O) groups excluding carboxylic acids is 1. The Morgan fingerprint density at radius 2 is 2.21 bits per heavy atom. The Kier molecular flexibility index (Phi) is 6.56. The number of nitrogens with one attached hydrogen (secondary N) is 2. The molecule has 1 saturated heterocycles. The molecule has 0 aliphatic carbocycles. The SMILES string of the molecule is Cc1c(I)cccc1C(=O)NC1CCNC(C)C1.Cl. The molecule has 2 atom stereocenters. The van der Waals surface area contributed by atoms with Crippen molar-refractivity contribution in [3.63, 3.8) is 0 Å². The van der Waals surface area contributed by atoms with Gasteiger partial charge < -0.3 is 10.6 Å². The van der Waals surface area contributed by atoms with Crippen molar-refractivity contribution in [3.8, 4) is 0 Å². The molecular formula is C14H20ClIN2O. The van der Waals surface area contributed by atoms with Gasteiger partial charge in [0.1, 0.15) is 0 Å². The van der Waals surface area contributed by atoms with Crippen molar-refractivity contribution in [2.24, 2.45) is 0 Å². The second-order valence-corrected chi connectivity index (χ2v) is 6.12. The third-order valence-electron chi connectivity index (χ3n) is 3.47. The van der Waals surface area contributed by atoms with Gasteiger partial charge in [-0.1, -0.05) is 6.07 Å². The summed E-state index contributed by atoms with van der Waals surface area (Å²) in [6.07, 6.45) is 2.02. The summed E-state index contributed by atoms with van der Waals surface area (Å²) < 4.78 is 1.14. The molecule has 106 valence electrons. The van der Waals surface area contributed by atoms with Gasteiger partial charge in [0.05, 0.1) is 0 Å². The first-order chi connectivity index (χ1) is 8.58. The van der Waals surface area contributed by atoms with Crippen molar-refractivity contribution < 1.29 is 4.79 Å². The van der Waals surface area contributed by atoms with Gasteiger partial charge in [-0.2, -0.15) is 0 Å². The zero-order valence-electron chi connectivity index (χ0n) is 11.2. The van der Waals surface area contributed by atoms with E-state index >= 15 is 0 Å². The standard InChI is InChI=1S/C14H19IN2O.ClH/c1-9-8-11(6-7-16-9)17-14(18)12-4-3-5-13(15)10(12)2;/h3-5,9,11,16H,6-8H2,1-2H3,(H,17,18);1H. The fraction of sp³-hybridized carbons (Fsp3) is 0.500. The van der Waals surface area contributed by atoms with Crippen LogP contribution in [0.15, 0.2) is 18.2 Å². The summed E-state index contributed by atoms with van der Waals surface area (Å²) in [4.78, 5) is 12.3. The summed E-state index contributed by atoms with van der Waals surface area (Å²) >= 11 is 2.27. The highest BCUT2D eigenvalue weighted by atomic mass is 127. The highest BCUT2D eigenvalue weighted by Gasteiger charge is 2.21. The normalized spacial score (nSPS) is 22.5. The molecule has 3 nitrogen and oxygen atoms in total. The molecule has 19 heavy (non-hydrogen) atoms. The molecule has 1 aromatic carbocycles. The zero-order valence-corrected chi connectivity index (χ0v) is 14.2. The van der Waals surface area contributed by atoms with E-state index in [0.717, 1.165) is 34.1 Å². The molecule has 0 radical (unpaired) electrons. The second kappa shape index (κ2) is 7.45. The Bertz CT molecular complexity index is 453. The van der Waals surface area contributed by atoms with Gasteiger partial charge in [-0.25, -0.2) is 0 Å². The van der Waals surface area contributed by atoms with E-state index in [-0.39, 0.29) is 18.3 Å². The maximum absolute atomic E-state index is 12.3. The Labute approximate surface area is 134 Å². The van der Waals surface area contributed by atoms with Crippen LogP contribution in [0.25, 0.3) is 0 Å². The molecule has 1 fully saturated rings. The topological polar surface area (TPSA) is 41.1 Å². The number of rotatable bonds is 2. The van der Waals surface area contributed by atoms with Crippen molar-refractivity contribution >= 4 is 40.9 Å². The van der Waals surface area contributed by atoms with Crippen LogP contribution in [0.4, 0.5) is 0 Å². The lowest BCUT2D eigenvalue weighted by molar-refractivity contribution is 0.0925. The van der Waals surface area contributed by atoms with Gasteiger partial charge in [0.2, 0.25) is 0 Å². The molecule has 2 N–H and O–H groups in total.